The van der Waals surface area contributed by atoms with Crippen molar-refractivity contribution < 1.29 is 37.8 Å². The van der Waals surface area contributed by atoms with Gasteiger partial charge in [-0.25, -0.2) is 18.6 Å². The first-order valence-electron chi connectivity index (χ1n) is 14.0. The van der Waals surface area contributed by atoms with Gasteiger partial charge in [0.1, 0.15) is 35.2 Å². The molecule has 0 saturated carbocycles. The standard InChI is InChI=1S/C32H25F2N5O6S2/c33-21-12-11-20(13-22(21)34)44-14-19-15-46-30-25(37-28(40)24(38-43)23-16-47-32(35)36-23)29(41)39(30)26(19)31(42)45-27(17-7-3-1-4-8-17)18-9-5-2-6-10-18/h1-13,16,25,27,30,43H,14-15H2,(H2,35,36)(H,37,40)/b38-24-/t25?,30-/m1/s1. The first kappa shape index (κ1) is 31.7. The molecule has 1 saturated heterocycles. The number of hydrogen-bond acceptors (Lipinski definition) is 11. The van der Waals surface area contributed by atoms with Crippen molar-refractivity contribution in [3.63, 3.8) is 0 Å². The average Bonchev–Trinajstić information content (AvgIpc) is 3.52. The second-order valence-corrected chi connectivity index (χ2v) is 12.3. The lowest BCUT2D eigenvalue weighted by atomic mass is 10.0. The van der Waals surface area contributed by atoms with Crippen LogP contribution in [0.5, 0.6) is 5.75 Å². The third kappa shape index (κ3) is 6.53. The van der Waals surface area contributed by atoms with Crippen molar-refractivity contribution in [1.82, 2.24) is 15.2 Å². The summed E-state index contributed by atoms with van der Waals surface area (Å²) < 4.78 is 39.2. The Balaban J connectivity index is 1.29. The van der Waals surface area contributed by atoms with Crippen LogP contribution in [0, 0.1) is 11.6 Å². The molecular formula is C32H25F2N5O6S2. The van der Waals surface area contributed by atoms with Gasteiger partial charge in [-0.3, -0.25) is 14.5 Å². The Morgan fingerprint density at radius 2 is 1.74 bits per heavy atom. The smallest absolute Gasteiger partial charge is 0.356 e. The van der Waals surface area contributed by atoms with Crippen LogP contribution in [-0.4, -0.2) is 62.4 Å². The van der Waals surface area contributed by atoms with Gasteiger partial charge >= 0.3 is 5.97 Å². The quantitative estimate of drug-likeness (QED) is 0.0735. The van der Waals surface area contributed by atoms with Gasteiger partial charge in [-0.15, -0.1) is 23.1 Å². The number of esters is 1. The zero-order chi connectivity index (χ0) is 33.1. The Morgan fingerprint density at radius 3 is 2.34 bits per heavy atom. The minimum Gasteiger partial charge on any atom is -0.489 e. The SMILES string of the molecule is Nc1nc(/C(=N/O)C(=O)NC2C(=O)N3C(C(=O)OC(c4ccccc4)c4ccccc4)=C(COc4ccc(F)c(F)c4)CS[C@H]23)cs1. The number of ether oxygens (including phenoxy) is 2. The van der Waals surface area contributed by atoms with Crippen molar-refractivity contribution in [2.24, 2.45) is 5.16 Å². The highest BCUT2D eigenvalue weighted by Crippen LogP contribution is 2.42. The van der Waals surface area contributed by atoms with Crippen molar-refractivity contribution in [3.8, 4) is 5.75 Å². The van der Waals surface area contributed by atoms with E-state index in [9.17, 15) is 28.4 Å². The van der Waals surface area contributed by atoms with E-state index in [0.717, 1.165) is 23.5 Å². The number of oxime groups is 1. The molecule has 0 spiro atoms. The highest BCUT2D eigenvalue weighted by Gasteiger charge is 2.55. The third-order valence-electron chi connectivity index (χ3n) is 7.34. The number of nitrogens with one attached hydrogen (secondary N) is 1. The largest absolute Gasteiger partial charge is 0.489 e. The number of fused-ring (bicyclic) bond motifs is 1. The van der Waals surface area contributed by atoms with Gasteiger partial charge in [0.25, 0.3) is 11.8 Å². The summed E-state index contributed by atoms with van der Waals surface area (Å²) in [6, 6.07) is 20.1. The fourth-order valence-corrected chi connectivity index (χ4v) is 6.96. The molecule has 47 heavy (non-hydrogen) atoms. The van der Waals surface area contributed by atoms with Crippen LogP contribution in [0.4, 0.5) is 13.9 Å². The van der Waals surface area contributed by atoms with Gasteiger partial charge in [0.2, 0.25) is 0 Å². The van der Waals surface area contributed by atoms with Crippen LogP contribution in [0.2, 0.25) is 0 Å². The maximum Gasteiger partial charge on any atom is 0.356 e. The summed E-state index contributed by atoms with van der Waals surface area (Å²) in [5, 5.41) is 15.9. The number of anilines is 1. The van der Waals surface area contributed by atoms with Crippen LogP contribution < -0.4 is 15.8 Å². The van der Waals surface area contributed by atoms with Crippen molar-refractivity contribution in [2.75, 3.05) is 18.1 Å². The molecule has 2 aliphatic rings. The van der Waals surface area contributed by atoms with Gasteiger partial charge in [-0.05, 0) is 23.3 Å². The number of carbonyl (C=O) groups excluding carboxylic acids is 3. The number of aromatic nitrogens is 1. The number of halogens is 2. The lowest BCUT2D eigenvalue weighted by Gasteiger charge is -2.49. The number of β-lactam (4-membered cyclic amide) rings is 1. The zero-order valence-corrected chi connectivity index (χ0v) is 25.8. The zero-order valence-electron chi connectivity index (χ0n) is 24.2. The Bertz CT molecular complexity index is 1850. The number of nitrogens with zero attached hydrogens (tertiary/aromatic N) is 3. The van der Waals surface area contributed by atoms with E-state index in [-0.39, 0.29) is 34.6 Å². The highest BCUT2D eigenvalue weighted by molar-refractivity contribution is 8.00. The summed E-state index contributed by atoms with van der Waals surface area (Å²) in [4.78, 5) is 45.9. The minimum absolute atomic E-state index is 0.0151. The molecule has 1 fully saturated rings. The summed E-state index contributed by atoms with van der Waals surface area (Å²) in [6.45, 7) is -0.246. The molecule has 15 heteroatoms. The van der Waals surface area contributed by atoms with Gasteiger partial charge in [-0.1, -0.05) is 65.8 Å². The number of benzene rings is 3. The molecule has 0 aliphatic carbocycles. The lowest BCUT2D eigenvalue weighted by Crippen LogP contribution is -2.71. The van der Waals surface area contributed by atoms with E-state index in [1.165, 1.54) is 28.1 Å². The molecule has 11 nitrogen and oxygen atoms in total. The molecule has 6 rings (SSSR count). The van der Waals surface area contributed by atoms with E-state index in [4.69, 9.17) is 15.2 Å². The Hall–Kier alpha value is -5.28. The molecule has 3 heterocycles. The van der Waals surface area contributed by atoms with Gasteiger partial charge in [0.15, 0.2) is 28.6 Å². The number of hydrogen-bond donors (Lipinski definition) is 3. The van der Waals surface area contributed by atoms with Gasteiger partial charge in [-0.2, -0.15) is 0 Å². The van der Waals surface area contributed by atoms with Crippen LogP contribution in [0.1, 0.15) is 22.9 Å². The predicted molar refractivity (Wildman–Crippen MR) is 170 cm³/mol. The second-order valence-electron chi connectivity index (χ2n) is 10.3. The molecule has 4 aromatic rings. The molecule has 0 radical (unpaired) electrons. The number of carbonyl (C=O) groups is 3. The topological polar surface area (TPSA) is 156 Å². The molecule has 4 N–H and O–H groups in total. The molecule has 3 aromatic carbocycles. The fraction of sp³-hybridized carbons (Fsp3) is 0.156. The summed E-state index contributed by atoms with van der Waals surface area (Å²) in [5.74, 6) is -4.29. The Kier molecular flexibility index (Phi) is 9.17. The Morgan fingerprint density at radius 1 is 1.06 bits per heavy atom. The summed E-state index contributed by atoms with van der Waals surface area (Å²) in [5.41, 5.74) is 6.87. The lowest BCUT2D eigenvalue weighted by molar-refractivity contribution is -0.154. The minimum atomic E-state index is -1.11. The van der Waals surface area contributed by atoms with Crippen LogP contribution in [0.3, 0.4) is 0 Å². The number of amides is 2. The molecule has 240 valence electrons. The Labute approximate surface area is 274 Å². The molecule has 2 atom stereocenters. The van der Waals surface area contributed by atoms with Gasteiger partial charge in [0.05, 0.1) is 0 Å². The third-order valence-corrected chi connectivity index (χ3v) is 9.35. The summed E-state index contributed by atoms with van der Waals surface area (Å²) in [7, 11) is 0. The van der Waals surface area contributed by atoms with E-state index >= 15 is 0 Å². The summed E-state index contributed by atoms with van der Waals surface area (Å²) in [6.07, 6.45) is -0.834. The first-order valence-corrected chi connectivity index (χ1v) is 16.0. The highest BCUT2D eigenvalue weighted by atomic mass is 32.2. The number of rotatable bonds is 10. The van der Waals surface area contributed by atoms with Gasteiger partial charge in [0, 0.05) is 22.8 Å². The van der Waals surface area contributed by atoms with Crippen molar-refractivity contribution in [1.29, 1.82) is 0 Å². The van der Waals surface area contributed by atoms with Crippen molar-refractivity contribution in [3.05, 3.63) is 124 Å². The molecule has 2 amide bonds. The van der Waals surface area contributed by atoms with Crippen LogP contribution in [-0.2, 0) is 19.1 Å². The average molecular weight is 678 g/mol. The second kappa shape index (κ2) is 13.6. The summed E-state index contributed by atoms with van der Waals surface area (Å²) >= 11 is 2.28. The number of nitrogens with two attached hydrogens (primary N) is 1. The fourth-order valence-electron chi connectivity index (χ4n) is 5.09. The molecule has 1 unspecified atom stereocenters. The van der Waals surface area contributed by atoms with E-state index in [1.54, 1.807) is 0 Å². The van der Waals surface area contributed by atoms with E-state index in [1.807, 2.05) is 60.7 Å². The van der Waals surface area contributed by atoms with E-state index in [0.29, 0.717) is 16.7 Å². The van der Waals surface area contributed by atoms with Crippen LogP contribution in [0.25, 0.3) is 0 Å². The monoisotopic (exact) mass is 677 g/mol. The predicted octanol–water partition coefficient (Wildman–Crippen LogP) is 4.25. The van der Waals surface area contributed by atoms with Gasteiger partial charge < -0.3 is 25.7 Å². The van der Waals surface area contributed by atoms with Crippen molar-refractivity contribution >= 4 is 51.7 Å². The maximum absolute atomic E-state index is 14.1. The first-order chi connectivity index (χ1) is 22.7. The number of nitrogen functional groups attached to an aromatic ring is 1. The van der Waals surface area contributed by atoms with E-state index < -0.39 is 52.6 Å². The van der Waals surface area contributed by atoms with E-state index in [2.05, 4.69) is 15.5 Å². The number of thioether (sulfide) groups is 1. The molecule has 1 aromatic heterocycles. The van der Waals surface area contributed by atoms with Crippen LogP contribution >= 0.6 is 23.1 Å². The van der Waals surface area contributed by atoms with Crippen molar-refractivity contribution in [2.45, 2.75) is 17.5 Å². The number of thiazole rings is 1. The van der Waals surface area contributed by atoms with Crippen LogP contribution in [0.15, 0.2) is 101 Å². The molecular weight excluding hydrogens is 653 g/mol. The molecule has 0 bridgehead atoms. The maximum atomic E-state index is 14.1. The molecule has 2 aliphatic heterocycles. The normalized spacial score (nSPS) is 17.6.